The minimum absolute atomic E-state index is 0. The second kappa shape index (κ2) is 5.31. The van der Waals surface area contributed by atoms with Crippen LogP contribution in [0, 0.1) is 0 Å². The van der Waals surface area contributed by atoms with E-state index in [0.717, 1.165) is 0 Å². The summed E-state index contributed by atoms with van der Waals surface area (Å²) in [5.41, 5.74) is 0.221. The van der Waals surface area contributed by atoms with Gasteiger partial charge in [0.05, 0.1) is 5.69 Å². The van der Waals surface area contributed by atoms with Crippen molar-refractivity contribution in [1.82, 2.24) is 0 Å². The predicted molar refractivity (Wildman–Crippen MR) is 44.9 cm³/mol. The summed E-state index contributed by atoms with van der Waals surface area (Å²) >= 11 is 0. The average molecular weight is 194 g/mol. The van der Waals surface area contributed by atoms with Crippen LogP contribution in [-0.4, -0.2) is 43.1 Å². The van der Waals surface area contributed by atoms with E-state index in [0.29, 0.717) is 0 Å². The molecule has 0 spiro atoms. The van der Waals surface area contributed by atoms with Crippen LogP contribution in [0.2, 0.25) is 0 Å². The molecule has 12 heavy (non-hydrogen) atoms. The molecule has 0 aliphatic rings. The first-order valence-corrected chi connectivity index (χ1v) is 3.82. The monoisotopic (exact) mass is 194 g/mol. The summed E-state index contributed by atoms with van der Waals surface area (Å²) in [7, 11) is -2.46. The van der Waals surface area contributed by atoms with Gasteiger partial charge in [-0.05, 0) is 12.1 Å². The first kappa shape index (κ1) is 11.6. The molecule has 59 valence electrons. The molecule has 6 heteroatoms. The Labute approximate surface area is 93.2 Å². The Morgan fingerprint density at radius 1 is 1.33 bits per heavy atom. The summed E-state index contributed by atoms with van der Waals surface area (Å²) in [5.74, 6) is -0.00306. The SMILES string of the molecule is O=S(=O)=Nc1cccc(O)c1.[Na]. The predicted octanol–water partition coefficient (Wildman–Crippen LogP) is 0.706. The number of hydrogen-bond acceptors (Lipinski definition) is 4. The fourth-order valence-electron chi connectivity index (χ4n) is 0.636. The van der Waals surface area contributed by atoms with Crippen molar-refractivity contribution >= 4 is 45.7 Å². The molecule has 1 aromatic carbocycles. The minimum atomic E-state index is -2.46. The number of nitrogens with zero attached hydrogens (tertiary/aromatic N) is 1. The van der Waals surface area contributed by atoms with Crippen LogP contribution in [0.1, 0.15) is 0 Å². The molecule has 1 aromatic rings. The molecule has 0 aromatic heterocycles. The summed E-state index contributed by atoms with van der Waals surface area (Å²) in [6, 6.07) is 5.69. The molecule has 0 aliphatic heterocycles. The van der Waals surface area contributed by atoms with Crippen molar-refractivity contribution in [3.63, 3.8) is 0 Å². The van der Waals surface area contributed by atoms with Crippen molar-refractivity contribution in [3.8, 4) is 5.75 Å². The van der Waals surface area contributed by atoms with E-state index in [9.17, 15) is 8.42 Å². The van der Waals surface area contributed by atoms with Gasteiger partial charge in [-0.2, -0.15) is 8.42 Å². The van der Waals surface area contributed by atoms with Gasteiger partial charge in [0.25, 0.3) is 0 Å². The molecule has 0 amide bonds. The van der Waals surface area contributed by atoms with Crippen LogP contribution in [0.15, 0.2) is 28.6 Å². The number of hydrogen-bond donors (Lipinski definition) is 1. The third-order valence-electron chi connectivity index (χ3n) is 1.01. The van der Waals surface area contributed by atoms with E-state index in [1.807, 2.05) is 0 Å². The maximum absolute atomic E-state index is 10.0. The molecule has 0 bridgehead atoms. The van der Waals surface area contributed by atoms with E-state index >= 15 is 0 Å². The molecule has 0 heterocycles. The number of phenols is 1. The largest absolute Gasteiger partial charge is 0.508 e. The fourth-order valence-corrected chi connectivity index (χ4v) is 0.922. The van der Waals surface area contributed by atoms with Crippen LogP contribution in [0.25, 0.3) is 0 Å². The third-order valence-corrected chi connectivity index (χ3v) is 1.37. The Morgan fingerprint density at radius 3 is 2.50 bits per heavy atom. The minimum Gasteiger partial charge on any atom is -0.508 e. The molecule has 1 rings (SSSR count). The quantitative estimate of drug-likeness (QED) is 0.669. The number of benzene rings is 1. The van der Waals surface area contributed by atoms with Crippen LogP contribution >= 0.6 is 0 Å². The molecule has 0 atom stereocenters. The molecule has 0 saturated carbocycles. The maximum Gasteiger partial charge on any atom is 0.316 e. The second-order valence-electron chi connectivity index (χ2n) is 1.83. The van der Waals surface area contributed by atoms with Crippen molar-refractivity contribution in [2.45, 2.75) is 0 Å². The van der Waals surface area contributed by atoms with Gasteiger partial charge in [-0.3, -0.25) is 0 Å². The van der Waals surface area contributed by atoms with Crippen molar-refractivity contribution in [1.29, 1.82) is 0 Å². The zero-order valence-electron chi connectivity index (χ0n) is 6.43. The zero-order chi connectivity index (χ0) is 8.27. The van der Waals surface area contributed by atoms with Gasteiger partial charge in [-0.1, -0.05) is 6.07 Å². The normalized spacial score (nSPS) is 8.33. The first-order valence-electron chi connectivity index (χ1n) is 2.78. The van der Waals surface area contributed by atoms with Gasteiger partial charge in [0.15, 0.2) is 0 Å². The van der Waals surface area contributed by atoms with Gasteiger partial charge < -0.3 is 5.11 Å². The zero-order valence-corrected chi connectivity index (χ0v) is 9.25. The molecule has 4 nitrogen and oxygen atoms in total. The van der Waals surface area contributed by atoms with Crippen molar-refractivity contribution < 1.29 is 13.5 Å². The van der Waals surface area contributed by atoms with E-state index < -0.39 is 10.5 Å². The van der Waals surface area contributed by atoms with E-state index in [4.69, 9.17) is 5.11 Å². The van der Waals surface area contributed by atoms with E-state index in [-0.39, 0.29) is 41.0 Å². The topological polar surface area (TPSA) is 66.7 Å². The summed E-state index contributed by atoms with van der Waals surface area (Å²) in [6.07, 6.45) is 0. The average Bonchev–Trinajstić information content (AvgIpc) is 1.85. The fraction of sp³-hybridized carbons (Fsp3) is 0. The Kier molecular flexibility index (Phi) is 5.16. The van der Waals surface area contributed by atoms with Gasteiger partial charge >= 0.3 is 10.5 Å². The molecule has 1 N–H and O–H groups in total. The standard InChI is InChI=1S/C6H5NO3S.Na/c8-6-3-1-2-5(4-6)7-11(9)10;/h1-4,8H;. The number of aromatic hydroxyl groups is 1. The Hall–Kier alpha value is -0.360. The second-order valence-corrected chi connectivity index (χ2v) is 2.45. The van der Waals surface area contributed by atoms with E-state index in [1.165, 1.54) is 24.3 Å². The number of rotatable bonds is 1. The van der Waals surface area contributed by atoms with E-state index in [2.05, 4.69) is 4.36 Å². The summed E-state index contributed by atoms with van der Waals surface area (Å²) in [6.45, 7) is 0. The molecule has 0 aliphatic carbocycles. The van der Waals surface area contributed by atoms with Crippen LogP contribution in [0.4, 0.5) is 5.69 Å². The molecule has 0 unspecified atom stereocenters. The van der Waals surface area contributed by atoms with Gasteiger partial charge in [-0.25, -0.2) is 0 Å². The van der Waals surface area contributed by atoms with Gasteiger partial charge in [0.1, 0.15) is 5.75 Å². The Morgan fingerprint density at radius 2 is 2.00 bits per heavy atom. The molecular weight excluding hydrogens is 189 g/mol. The molecule has 0 fully saturated rings. The summed E-state index contributed by atoms with van der Waals surface area (Å²) in [5, 5.41) is 8.86. The van der Waals surface area contributed by atoms with Crippen LogP contribution < -0.4 is 0 Å². The van der Waals surface area contributed by atoms with Gasteiger partial charge in [-0.15, -0.1) is 4.36 Å². The van der Waals surface area contributed by atoms with E-state index in [1.54, 1.807) is 0 Å². The van der Waals surface area contributed by atoms with Crippen molar-refractivity contribution in [2.75, 3.05) is 0 Å². The van der Waals surface area contributed by atoms with Gasteiger partial charge in [0, 0.05) is 35.6 Å². The number of phenolic OH excluding ortho intramolecular Hbond substituents is 1. The van der Waals surface area contributed by atoms with Crippen molar-refractivity contribution in [3.05, 3.63) is 24.3 Å². The Bertz CT molecular complexity index is 380. The maximum atomic E-state index is 10.0. The Balaban J connectivity index is 0.00000121. The summed E-state index contributed by atoms with van der Waals surface area (Å²) < 4.78 is 23.2. The van der Waals surface area contributed by atoms with Crippen LogP contribution in [0.5, 0.6) is 5.75 Å². The molecule has 1 radical (unpaired) electrons. The molecule has 0 saturated heterocycles. The van der Waals surface area contributed by atoms with Crippen LogP contribution in [-0.2, 0) is 10.5 Å². The van der Waals surface area contributed by atoms with Crippen LogP contribution in [0.3, 0.4) is 0 Å². The molecular formula is C6H5NNaO3S. The van der Waals surface area contributed by atoms with Gasteiger partial charge in [0.2, 0.25) is 0 Å². The third kappa shape index (κ3) is 3.87. The smallest absolute Gasteiger partial charge is 0.316 e. The first-order chi connectivity index (χ1) is 5.18. The summed E-state index contributed by atoms with van der Waals surface area (Å²) in [4.78, 5) is 0. The van der Waals surface area contributed by atoms with Crippen molar-refractivity contribution in [2.24, 2.45) is 4.36 Å².